The van der Waals surface area contributed by atoms with E-state index in [4.69, 9.17) is 5.26 Å². The van der Waals surface area contributed by atoms with Gasteiger partial charge in [-0.15, -0.1) is 10.2 Å². The highest BCUT2D eigenvalue weighted by atomic mass is 19.4. The molecule has 19 heavy (non-hydrogen) atoms. The van der Waals surface area contributed by atoms with Crippen LogP contribution < -0.4 is 4.90 Å². The van der Waals surface area contributed by atoms with Crippen LogP contribution in [0.4, 0.5) is 19.0 Å². The van der Waals surface area contributed by atoms with Crippen molar-refractivity contribution in [2.24, 2.45) is 5.92 Å². The Hall–Kier alpha value is -1.84. The molecule has 0 aliphatic carbocycles. The van der Waals surface area contributed by atoms with E-state index in [2.05, 4.69) is 10.2 Å². The van der Waals surface area contributed by atoms with Crippen molar-refractivity contribution in [3.63, 3.8) is 0 Å². The van der Waals surface area contributed by atoms with Crippen molar-refractivity contribution >= 4 is 5.82 Å². The molecule has 0 saturated carbocycles. The minimum Gasteiger partial charge on any atom is -0.354 e. The minimum absolute atomic E-state index is 0.287. The lowest BCUT2D eigenvalue weighted by Gasteiger charge is -2.24. The Labute approximate surface area is 109 Å². The first-order chi connectivity index (χ1) is 8.84. The van der Waals surface area contributed by atoms with Crippen molar-refractivity contribution in [2.75, 3.05) is 18.0 Å². The number of aromatic nitrogens is 2. The van der Waals surface area contributed by atoms with E-state index in [9.17, 15) is 13.2 Å². The first-order valence-electron chi connectivity index (χ1n) is 5.87. The van der Waals surface area contributed by atoms with Crippen molar-refractivity contribution in [1.82, 2.24) is 10.2 Å². The molecule has 1 aromatic rings. The fraction of sp³-hybridized carbons (Fsp3) is 0.583. The topological polar surface area (TPSA) is 52.8 Å². The van der Waals surface area contributed by atoms with E-state index in [1.807, 2.05) is 19.9 Å². The number of hydrogen-bond acceptors (Lipinski definition) is 4. The summed E-state index contributed by atoms with van der Waals surface area (Å²) < 4.78 is 37.1. The maximum absolute atomic E-state index is 12.4. The molecule has 0 spiro atoms. The van der Waals surface area contributed by atoms with Gasteiger partial charge in [0.25, 0.3) is 0 Å². The third kappa shape index (κ3) is 4.73. The van der Waals surface area contributed by atoms with E-state index >= 15 is 0 Å². The Bertz CT molecular complexity index is 434. The summed E-state index contributed by atoms with van der Waals surface area (Å²) in [6, 6.07) is 4.20. The van der Waals surface area contributed by atoms with Crippen LogP contribution in [0.25, 0.3) is 0 Å². The average molecular weight is 272 g/mol. The van der Waals surface area contributed by atoms with Crippen LogP contribution in [0.5, 0.6) is 0 Å². The summed E-state index contributed by atoms with van der Waals surface area (Å²) in [4.78, 5) is 1.76. The van der Waals surface area contributed by atoms with Gasteiger partial charge in [-0.05, 0) is 18.1 Å². The number of nitrogens with zero attached hydrogens (tertiary/aromatic N) is 4. The van der Waals surface area contributed by atoms with Crippen LogP contribution in [0.2, 0.25) is 0 Å². The van der Waals surface area contributed by atoms with E-state index in [0.29, 0.717) is 24.8 Å². The first kappa shape index (κ1) is 15.2. The van der Waals surface area contributed by atoms with Gasteiger partial charge >= 0.3 is 6.18 Å². The molecule has 0 aromatic carbocycles. The Balaban J connectivity index is 2.87. The SMILES string of the molecule is CC(C)CN(CCC#N)c1ccc(C(F)(F)F)nn1. The van der Waals surface area contributed by atoms with Crippen LogP contribution in [-0.2, 0) is 6.18 Å². The quantitative estimate of drug-likeness (QED) is 0.827. The molecule has 104 valence electrons. The zero-order valence-corrected chi connectivity index (χ0v) is 10.8. The fourth-order valence-electron chi connectivity index (χ4n) is 1.57. The van der Waals surface area contributed by atoms with Crippen molar-refractivity contribution in [3.8, 4) is 6.07 Å². The molecule has 0 amide bonds. The van der Waals surface area contributed by atoms with Crippen LogP contribution in [-0.4, -0.2) is 23.3 Å². The van der Waals surface area contributed by atoms with Crippen LogP contribution in [0, 0.1) is 17.2 Å². The molecule has 0 atom stereocenters. The Morgan fingerprint density at radius 1 is 1.32 bits per heavy atom. The molecule has 1 heterocycles. The summed E-state index contributed by atoms with van der Waals surface area (Å²) in [6.07, 6.45) is -4.20. The minimum atomic E-state index is -4.49. The Kier molecular flexibility index (Phi) is 5.10. The van der Waals surface area contributed by atoms with Gasteiger partial charge in [0.15, 0.2) is 11.5 Å². The lowest BCUT2D eigenvalue weighted by molar-refractivity contribution is -0.141. The second-order valence-electron chi connectivity index (χ2n) is 4.52. The molecule has 0 N–H and O–H groups in total. The molecular weight excluding hydrogens is 257 g/mol. The summed E-state index contributed by atoms with van der Waals surface area (Å²) in [5, 5.41) is 15.4. The number of nitriles is 1. The maximum Gasteiger partial charge on any atom is 0.435 e. The highest BCUT2D eigenvalue weighted by Crippen LogP contribution is 2.27. The Morgan fingerprint density at radius 3 is 2.42 bits per heavy atom. The molecule has 0 radical (unpaired) electrons. The van der Waals surface area contributed by atoms with E-state index in [-0.39, 0.29) is 6.42 Å². The zero-order chi connectivity index (χ0) is 14.5. The van der Waals surface area contributed by atoms with E-state index < -0.39 is 11.9 Å². The lowest BCUT2D eigenvalue weighted by Crippen LogP contribution is -2.29. The number of alkyl halides is 3. The predicted molar refractivity (Wildman–Crippen MR) is 64.3 cm³/mol. The molecule has 7 heteroatoms. The monoisotopic (exact) mass is 272 g/mol. The Morgan fingerprint density at radius 2 is 2.00 bits per heavy atom. The number of anilines is 1. The summed E-state index contributed by atoms with van der Waals surface area (Å²) in [6.45, 7) is 5.00. The molecule has 0 bridgehead atoms. The molecule has 1 rings (SSSR count). The maximum atomic E-state index is 12.4. The lowest BCUT2D eigenvalue weighted by atomic mass is 10.2. The van der Waals surface area contributed by atoms with Crippen LogP contribution in [0.15, 0.2) is 12.1 Å². The van der Waals surface area contributed by atoms with Gasteiger partial charge in [-0.25, -0.2) is 0 Å². The first-order valence-corrected chi connectivity index (χ1v) is 5.87. The zero-order valence-electron chi connectivity index (χ0n) is 10.8. The number of hydrogen-bond donors (Lipinski definition) is 0. The van der Waals surface area contributed by atoms with Crippen LogP contribution in [0.3, 0.4) is 0 Å². The normalized spacial score (nSPS) is 11.4. The third-order valence-electron chi connectivity index (χ3n) is 2.34. The molecule has 0 aliphatic heterocycles. The summed E-state index contributed by atoms with van der Waals surface area (Å²) in [5.41, 5.74) is -1.01. The second-order valence-corrected chi connectivity index (χ2v) is 4.52. The van der Waals surface area contributed by atoms with Gasteiger partial charge < -0.3 is 4.90 Å². The van der Waals surface area contributed by atoms with Crippen molar-refractivity contribution < 1.29 is 13.2 Å². The van der Waals surface area contributed by atoms with Crippen LogP contribution >= 0.6 is 0 Å². The standard InChI is InChI=1S/C12H15F3N4/c1-9(2)8-19(7-3-6-16)11-5-4-10(17-18-11)12(13,14)15/h4-5,9H,3,7-8H2,1-2H3. The van der Waals surface area contributed by atoms with E-state index in [0.717, 1.165) is 6.07 Å². The highest BCUT2D eigenvalue weighted by molar-refractivity contribution is 5.37. The van der Waals surface area contributed by atoms with Gasteiger partial charge in [-0.2, -0.15) is 18.4 Å². The molecule has 0 unspecified atom stereocenters. The van der Waals surface area contributed by atoms with Crippen molar-refractivity contribution in [3.05, 3.63) is 17.8 Å². The molecule has 0 aliphatic rings. The van der Waals surface area contributed by atoms with E-state index in [1.165, 1.54) is 6.07 Å². The fourth-order valence-corrected chi connectivity index (χ4v) is 1.57. The van der Waals surface area contributed by atoms with Gasteiger partial charge in [0.2, 0.25) is 0 Å². The third-order valence-corrected chi connectivity index (χ3v) is 2.34. The molecular formula is C12H15F3N4. The number of rotatable bonds is 5. The van der Waals surface area contributed by atoms with Gasteiger partial charge in [-0.1, -0.05) is 13.8 Å². The molecule has 4 nitrogen and oxygen atoms in total. The largest absolute Gasteiger partial charge is 0.435 e. The van der Waals surface area contributed by atoms with Crippen molar-refractivity contribution in [1.29, 1.82) is 5.26 Å². The molecule has 1 aromatic heterocycles. The van der Waals surface area contributed by atoms with Gasteiger partial charge in [-0.3, -0.25) is 0 Å². The van der Waals surface area contributed by atoms with Gasteiger partial charge in [0.1, 0.15) is 0 Å². The van der Waals surface area contributed by atoms with Gasteiger partial charge in [0, 0.05) is 13.1 Å². The number of halogens is 3. The summed E-state index contributed by atoms with van der Waals surface area (Å²) >= 11 is 0. The molecule has 0 fully saturated rings. The highest BCUT2D eigenvalue weighted by Gasteiger charge is 2.33. The van der Waals surface area contributed by atoms with Crippen LogP contribution in [0.1, 0.15) is 26.0 Å². The average Bonchev–Trinajstić information content (AvgIpc) is 2.33. The van der Waals surface area contributed by atoms with E-state index in [1.54, 1.807) is 4.90 Å². The predicted octanol–water partition coefficient (Wildman–Crippen LogP) is 2.87. The van der Waals surface area contributed by atoms with Gasteiger partial charge in [0.05, 0.1) is 12.5 Å². The molecule has 0 saturated heterocycles. The summed E-state index contributed by atoms with van der Waals surface area (Å²) in [7, 11) is 0. The summed E-state index contributed by atoms with van der Waals surface area (Å²) in [5.74, 6) is 0.666. The van der Waals surface area contributed by atoms with Crippen molar-refractivity contribution in [2.45, 2.75) is 26.4 Å². The second kappa shape index (κ2) is 6.36. The smallest absolute Gasteiger partial charge is 0.354 e.